The monoisotopic (exact) mass is 435 g/mol. The van der Waals surface area contributed by atoms with Crippen molar-refractivity contribution in [2.45, 2.75) is 32.6 Å². The Labute approximate surface area is 163 Å². The molecule has 136 valence electrons. The molecule has 0 bridgehead atoms. The smallest absolute Gasteiger partial charge is 0.315 e. The zero-order chi connectivity index (χ0) is 18.7. The summed E-state index contributed by atoms with van der Waals surface area (Å²) in [5.74, 6) is -1.63. The lowest BCUT2D eigenvalue weighted by molar-refractivity contribution is -0.133. The standard InChI is InChI=1S/C18H18BrN3O3S/c1-10-6-7-13(12(8-10)15(23)11-4-2-3-5-11)21-16(24)17(25)22-18-20-9-14(19)26-18/h6-9,11H,2-5H2,1H3,(H,21,24)(H,20,22,25). The first kappa shape index (κ1) is 18.7. The van der Waals surface area contributed by atoms with E-state index in [1.54, 1.807) is 18.2 Å². The highest BCUT2D eigenvalue weighted by Crippen LogP contribution is 2.31. The molecular formula is C18H18BrN3O3S. The molecule has 2 amide bonds. The van der Waals surface area contributed by atoms with Crippen LogP contribution in [0.2, 0.25) is 0 Å². The number of Topliss-reactive ketones (excluding diaryl/α,β-unsaturated/α-hetero) is 1. The van der Waals surface area contributed by atoms with Gasteiger partial charge in [0.25, 0.3) is 0 Å². The number of hydrogen-bond donors (Lipinski definition) is 2. The van der Waals surface area contributed by atoms with E-state index in [1.165, 1.54) is 17.5 Å². The first-order valence-electron chi connectivity index (χ1n) is 8.32. The van der Waals surface area contributed by atoms with Gasteiger partial charge in [0.05, 0.1) is 15.7 Å². The SMILES string of the molecule is Cc1ccc(NC(=O)C(=O)Nc2ncc(Br)s2)c(C(=O)C2CCCC2)c1. The lowest BCUT2D eigenvalue weighted by Gasteiger charge is -2.14. The van der Waals surface area contributed by atoms with Gasteiger partial charge in [-0.05, 0) is 47.8 Å². The van der Waals surface area contributed by atoms with Crippen molar-refractivity contribution >= 4 is 55.7 Å². The van der Waals surface area contributed by atoms with Gasteiger partial charge in [0.2, 0.25) is 0 Å². The van der Waals surface area contributed by atoms with E-state index < -0.39 is 11.8 Å². The van der Waals surface area contributed by atoms with Crippen molar-refractivity contribution in [1.29, 1.82) is 0 Å². The van der Waals surface area contributed by atoms with E-state index in [2.05, 4.69) is 31.5 Å². The molecule has 2 N–H and O–H groups in total. The molecule has 1 heterocycles. The second kappa shape index (κ2) is 8.09. The quantitative estimate of drug-likeness (QED) is 0.557. The number of aryl methyl sites for hydroxylation is 1. The molecular weight excluding hydrogens is 418 g/mol. The summed E-state index contributed by atoms with van der Waals surface area (Å²) in [6.45, 7) is 1.89. The van der Waals surface area contributed by atoms with Crippen LogP contribution in [0, 0.1) is 12.8 Å². The van der Waals surface area contributed by atoms with E-state index in [-0.39, 0.29) is 11.7 Å². The maximum absolute atomic E-state index is 12.8. The highest BCUT2D eigenvalue weighted by molar-refractivity contribution is 9.11. The third kappa shape index (κ3) is 4.37. The van der Waals surface area contributed by atoms with Crippen LogP contribution >= 0.6 is 27.3 Å². The molecule has 3 rings (SSSR count). The molecule has 6 nitrogen and oxygen atoms in total. The number of halogens is 1. The molecule has 1 aliphatic rings. The summed E-state index contributed by atoms with van der Waals surface area (Å²) in [7, 11) is 0. The number of thiazole rings is 1. The van der Waals surface area contributed by atoms with E-state index >= 15 is 0 Å². The predicted molar refractivity (Wildman–Crippen MR) is 105 cm³/mol. The van der Waals surface area contributed by atoms with Crippen LogP contribution in [0.3, 0.4) is 0 Å². The van der Waals surface area contributed by atoms with Crippen molar-refractivity contribution < 1.29 is 14.4 Å². The summed E-state index contributed by atoms with van der Waals surface area (Å²) in [5.41, 5.74) is 1.77. The van der Waals surface area contributed by atoms with Gasteiger partial charge < -0.3 is 5.32 Å². The number of carbonyl (C=O) groups is 3. The molecule has 1 fully saturated rings. The topological polar surface area (TPSA) is 88.2 Å². The summed E-state index contributed by atoms with van der Waals surface area (Å²) >= 11 is 4.45. The van der Waals surface area contributed by atoms with Crippen LogP contribution in [0.25, 0.3) is 0 Å². The molecule has 1 aliphatic carbocycles. The molecule has 1 saturated carbocycles. The Morgan fingerprint density at radius 2 is 1.85 bits per heavy atom. The van der Waals surface area contributed by atoms with Gasteiger partial charge in [-0.1, -0.05) is 35.8 Å². The van der Waals surface area contributed by atoms with E-state index in [1.807, 2.05) is 6.92 Å². The number of nitrogens with one attached hydrogen (secondary N) is 2. The van der Waals surface area contributed by atoms with Crippen molar-refractivity contribution in [2.75, 3.05) is 10.6 Å². The van der Waals surface area contributed by atoms with Gasteiger partial charge in [-0.3, -0.25) is 19.7 Å². The van der Waals surface area contributed by atoms with Crippen LogP contribution in [0.15, 0.2) is 28.2 Å². The zero-order valence-electron chi connectivity index (χ0n) is 14.2. The minimum absolute atomic E-state index is 0.00560. The van der Waals surface area contributed by atoms with Gasteiger partial charge in [0.15, 0.2) is 10.9 Å². The third-order valence-corrected chi connectivity index (χ3v) is 5.71. The highest BCUT2D eigenvalue weighted by Gasteiger charge is 2.27. The molecule has 8 heteroatoms. The van der Waals surface area contributed by atoms with Crippen molar-refractivity contribution in [3.8, 4) is 0 Å². The normalized spacial score (nSPS) is 14.2. The second-order valence-corrected chi connectivity index (χ2v) is 8.68. The third-order valence-electron chi connectivity index (χ3n) is 4.32. The van der Waals surface area contributed by atoms with E-state index in [4.69, 9.17) is 0 Å². The van der Waals surface area contributed by atoms with Crippen molar-refractivity contribution in [2.24, 2.45) is 5.92 Å². The Bertz CT molecular complexity index is 859. The lowest BCUT2D eigenvalue weighted by atomic mass is 9.94. The number of aromatic nitrogens is 1. The first-order chi connectivity index (χ1) is 12.4. The molecule has 0 spiro atoms. The number of carbonyl (C=O) groups excluding carboxylic acids is 3. The molecule has 0 radical (unpaired) electrons. The Hall–Kier alpha value is -2.06. The van der Waals surface area contributed by atoms with E-state index in [9.17, 15) is 14.4 Å². The maximum atomic E-state index is 12.8. The van der Waals surface area contributed by atoms with Crippen LogP contribution in [0.1, 0.15) is 41.6 Å². The average Bonchev–Trinajstić information content (AvgIpc) is 3.27. The number of ketones is 1. The molecule has 0 saturated heterocycles. The Morgan fingerprint density at radius 1 is 1.15 bits per heavy atom. The largest absolute Gasteiger partial charge is 0.317 e. The van der Waals surface area contributed by atoms with Gasteiger partial charge in [0.1, 0.15) is 0 Å². The maximum Gasteiger partial charge on any atom is 0.315 e. The number of amides is 2. The van der Waals surface area contributed by atoms with Gasteiger partial charge in [-0.2, -0.15) is 0 Å². The second-order valence-electron chi connectivity index (χ2n) is 6.27. The molecule has 2 aromatic rings. The summed E-state index contributed by atoms with van der Waals surface area (Å²) in [4.78, 5) is 41.1. The average molecular weight is 436 g/mol. The van der Waals surface area contributed by atoms with E-state index in [0.717, 1.165) is 35.0 Å². The minimum atomic E-state index is -0.833. The van der Waals surface area contributed by atoms with Gasteiger partial charge in [-0.15, -0.1) is 0 Å². The van der Waals surface area contributed by atoms with Gasteiger partial charge in [0, 0.05) is 11.5 Å². The summed E-state index contributed by atoms with van der Waals surface area (Å²) in [6, 6.07) is 5.24. The molecule has 0 aliphatic heterocycles. The predicted octanol–water partition coefficient (Wildman–Crippen LogP) is 4.16. The van der Waals surface area contributed by atoms with Crippen molar-refractivity contribution in [1.82, 2.24) is 4.98 Å². The van der Waals surface area contributed by atoms with Crippen molar-refractivity contribution in [3.63, 3.8) is 0 Å². The lowest BCUT2D eigenvalue weighted by Crippen LogP contribution is -2.30. The molecule has 1 aromatic heterocycles. The summed E-state index contributed by atoms with van der Waals surface area (Å²) < 4.78 is 0.746. The molecule has 0 atom stereocenters. The fourth-order valence-corrected chi connectivity index (χ4v) is 4.13. The number of hydrogen-bond acceptors (Lipinski definition) is 5. The van der Waals surface area contributed by atoms with Crippen molar-refractivity contribution in [3.05, 3.63) is 39.3 Å². The van der Waals surface area contributed by atoms with Crippen LogP contribution in [0.5, 0.6) is 0 Å². The van der Waals surface area contributed by atoms with Crippen LogP contribution < -0.4 is 10.6 Å². The number of anilines is 2. The Kier molecular flexibility index (Phi) is 5.83. The number of nitrogens with zero attached hydrogens (tertiary/aromatic N) is 1. The summed E-state index contributed by atoms with van der Waals surface area (Å²) in [6.07, 6.45) is 5.39. The number of rotatable bonds is 4. The van der Waals surface area contributed by atoms with Crippen LogP contribution in [0.4, 0.5) is 10.8 Å². The fraction of sp³-hybridized carbons (Fsp3) is 0.333. The number of benzene rings is 1. The van der Waals surface area contributed by atoms with Gasteiger partial charge in [-0.25, -0.2) is 4.98 Å². The molecule has 1 aromatic carbocycles. The zero-order valence-corrected chi connectivity index (χ0v) is 16.6. The first-order valence-corrected chi connectivity index (χ1v) is 9.93. The van der Waals surface area contributed by atoms with Crippen LogP contribution in [-0.2, 0) is 9.59 Å². The highest BCUT2D eigenvalue weighted by atomic mass is 79.9. The van der Waals surface area contributed by atoms with Crippen LogP contribution in [-0.4, -0.2) is 22.6 Å². The van der Waals surface area contributed by atoms with E-state index in [0.29, 0.717) is 16.4 Å². The minimum Gasteiger partial charge on any atom is -0.317 e. The summed E-state index contributed by atoms with van der Waals surface area (Å²) in [5, 5.41) is 5.32. The Balaban J connectivity index is 1.75. The van der Waals surface area contributed by atoms with Gasteiger partial charge >= 0.3 is 11.8 Å². The Morgan fingerprint density at radius 3 is 2.50 bits per heavy atom. The molecule has 26 heavy (non-hydrogen) atoms. The molecule has 0 unspecified atom stereocenters. The fourth-order valence-electron chi connectivity index (χ4n) is 3.02.